The molecule has 126 heavy (non-hydrogen) atoms. The predicted molar refractivity (Wildman–Crippen MR) is 455 cm³/mol. The molecule has 0 saturated carbocycles. The van der Waals surface area contributed by atoms with Crippen LogP contribution in [0.3, 0.4) is 0 Å². The summed E-state index contributed by atoms with van der Waals surface area (Å²) in [5, 5.41) is 62.5. The Labute approximate surface area is 726 Å². The largest absolute Gasteiger partial charge is 0.481 e. The molecule has 0 spiro atoms. The number of H-pyrrole nitrogens is 3. The van der Waals surface area contributed by atoms with Crippen LogP contribution in [0.1, 0.15) is 111 Å². The summed E-state index contributed by atoms with van der Waals surface area (Å²) in [6.45, 7) is 10.9. The average molecular weight is 1770 g/mol. The van der Waals surface area contributed by atoms with E-state index in [1.165, 1.54) is 43.7 Å². The molecular formula is C81H107N23O21S. The average Bonchev–Trinajstić information content (AvgIpc) is 1.69. The Morgan fingerprint density at radius 3 is 1.72 bits per heavy atom. The molecule has 22 N–H and O–H groups in total. The second-order valence-corrected chi connectivity index (χ2v) is 32.2. The second kappa shape index (κ2) is 48.2. The van der Waals surface area contributed by atoms with E-state index in [4.69, 9.17) is 16.0 Å². The number of nitrogens with one attached hydrogen (secondary N) is 18. The number of carbonyl (C=O) groups excluding carboxylic acids is 17. The van der Waals surface area contributed by atoms with Crippen LogP contribution in [0, 0.1) is 17.8 Å². The highest BCUT2D eigenvalue weighted by Crippen LogP contribution is 2.24. The zero-order chi connectivity index (χ0) is 92.6. The van der Waals surface area contributed by atoms with Crippen LogP contribution < -0.4 is 90.2 Å². The standard InChI is InChI=1S/C81H107N23O21S/c1-39(2)24-55-72(115)88-34-64(108)94-54(22-23-63(107)93-47-18-20-49(21-19-47)125-67(112)35-90-104-83)73(116)97-56(25-40(3)4)78(121)102-68(41(5)6)81(124)99-58(27-46-31-86-53-17-13-11-15-51(46)53)75(118)101-62(80(123)103-69(43(8)105)70(82)113)36-126-37-65(109)87-33-61(100-77(120)60(29-66(110)111)92-44(9)106)79(122)91-42(7)71(114)95-57(26-45-30-85-52-16-12-10-14-50(45)52)74(117)98-59(76(119)96-55)28-48-32-84-38-89-48/h10-21,30-32,38-43,54-62,68-69,85-86,105H,22-29,33-37H2,1-9H3,(H2,82,113)(H,84,89)(H,87,109)(H,88,115)(H,91,122)(H,92,106)(H,93,107)(H,94,108)(H,95,114)(H,96,119)(H,97,116)(H,98,117)(H,99,124)(H,100,120)(H,101,118)(H,102,121)(H,103,123)(H,110,111)/t42-,43+,54-,55-,56-,57-,58-,59-,60-,61-,62-,68-,69-/m0/s1. The number of aliphatic carboxylic acids is 1. The van der Waals surface area contributed by atoms with E-state index in [1.54, 1.807) is 102 Å². The van der Waals surface area contributed by atoms with Gasteiger partial charge in [0.25, 0.3) is 0 Å². The van der Waals surface area contributed by atoms with Crippen LogP contribution in [0.25, 0.3) is 32.2 Å². The molecule has 0 unspecified atom stereocenters. The van der Waals surface area contributed by atoms with Gasteiger partial charge in [-0.25, -0.2) is 4.98 Å². The van der Waals surface area contributed by atoms with Crippen molar-refractivity contribution in [2.24, 2.45) is 28.6 Å². The second-order valence-electron chi connectivity index (χ2n) is 31.2. The number of hydrogen-bond acceptors (Lipinski definition) is 23. The number of ether oxygens (including phenoxy) is 1. The number of hydrogen-bond donors (Lipinski definition) is 21. The van der Waals surface area contributed by atoms with E-state index < -0.39 is 247 Å². The lowest BCUT2D eigenvalue weighted by Gasteiger charge is -2.29. The number of imidazole rings is 1. The van der Waals surface area contributed by atoms with Gasteiger partial charge >= 0.3 is 11.9 Å². The van der Waals surface area contributed by atoms with Crippen molar-refractivity contribution in [1.29, 1.82) is 0 Å². The number of nitrogens with two attached hydrogens (primary N) is 1. The van der Waals surface area contributed by atoms with Gasteiger partial charge in [-0.15, -0.1) is 11.8 Å². The molecule has 1 fully saturated rings. The van der Waals surface area contributed by atoms with Gasteiger partial charge in [-0.2, -0.15) is 0 Å². The Morgan fingerprint density at radius 1 is 0.627 bits per heavy atom. The van der Waals surface area contributed by atoms with Crippen LogP contribution in [0.5, 0.6) is 5.75 Å². The summed E-state index contributed by atoms with van der Waals surface area (Å²) >= 11 is 0.659. The number of aromatic nitrogens is 4. The molecule has 16 amide bonds. The molecule has 44 nitrogen and oxygen atoms in total. The molecule has 0 radical (unpaired) electrons. The van der Waals surface area contributed by atoms with Gasteiger partial charge in [0.1, 0.15) is 84.8 Å². The number of benzene rings is 3. The lowest BCUT2D eigenvalue weighted by molar-refractivity contribution is -0.141. The molecule has 4 heterocycles. The van der Waals surface area contributed by atoms with Crippen molar-refractivity contribution < 1.29 is 101 Å². The lowest BCUT2D eigenvalue weighted by atomic mass is 9.98. The van der Waals surface area contributed by atoms with E-state index in [2.05, 4.69) is 110 Å². The highest BCUT2D eigenvalue weighted by atomic mass is 32.2. The van der Waals surface area contributed by atoms with E-state index in [0.717, 1.165) is 13.8 Å². The van der Waals surface area contributed by atoms with E-state index in [-0.39, 0.29) is 55.2 Å². The number of carbonyl (C=O) groups is 18. The number of rotatable bonds is 27. The van der Waals surface area contributed by atoms with Gasteiger partial charge in [0.15, 0.2) is 0 Å². The molecule has 0 bridgehead atoms. The van der Waals surface area contributed by atoms with E-state index in [0.29, 0.717) is 44.7 Å². The van der Waals surface area contributed by atoms with Gasteiger partial charge in [-0.05, 0) is 104 Å². The van der Waals surface area contributed by atoms with Crippen molar-refractivity contribution in [3.8, 4) is 5.75 Å². The van der Waals surface area contributed by atoms with Crippen molar-refractivity contribution in [2.75, 3.05) is 36.5 Å². The fraction of sp³-hybridized carbons (Fsp3) is 0.469. The van der Waals surface area contributed by atoms with Crippen molar-refractivity contribution >= 4 is 146 Å². The van der Waals surface area contributed by atoms with Crippen molar-refractivity contribution in [3.05, 3.63) is 125 Å². The Kier molecular flexibility index (Phi) is 37.9. The number of primary amides is 1. The van der Waals surface area contributed by atoms with Crippen molar-refractivity contribution in [2.45, 2.75) is 192 Å². The zero-order valence-corrected chi connectivity index (χ0v) is 71.4. The number of aliphatic hydroxyl groups excluding tert-OH is 1. The Bertz CT molecular complexity index is 4960. The van der Waals surface area contributed by atoms with Gasteiger partial charge in [0.05, 0.1) is 36.8 Å². The van der Waals surface area contributed by atoms with Gasteiger partial charge < -0.3 is 115 Å². The summed E-state index contributed by atoms with van der Waals surface area (Å²) in [6.07, 6.45) is 0.932. The number of para-hydroxylation sites is 2. The van der Waals surface area contributed by atoms with Crippen LogP contribution in [-0.2, 0) is 106 Å². The highest BCUT2D eigenvalue weighted by molar-refractivity contribution is 8.00. The van der Waals surface area contributed by atoms with E-state index in [9.17, 15) is 82.1 Å². The molecule has 678 valence electrons. The van der Waals surface area contributed by atoms with Crippen molar-refractivity contribution in [1.82, 2.24) is 94.4 Å². The maximum absolute atomic E-state index is 15.1. The van der Waals surface area contributed by atoms with E-state index >= 15 is 14.4 Å². The van der Waals surface area contributed by atoms with Gasteiger partial charge in [-0.1, -0.05) is 83.1 Å². The third-order valence-corrected chi connectivity index (χ3v) is 20.6. The summed E-state index contributed by atoms with van der Waals surface area (Å²) < 4.78 is 5.14. The SMILES string of the molecule is CC(=O)N[C@@H](CC(=O)O)C(=O)N[C@H]1CNC(=O)CSC[C@@H](C(=O)N[C@H](C(N)=O)[C@@H](C)O)NC(=O)[C@H](Cc2c[nH]c3ccccc23)NC(=O)[C@H](C(C)C)NC(=O)[C@H](CC(C)C)NC(=O)[C@H](CCC(=O)Nc2ccc(OC(=O)CN=[N+]=[N-])cc2)NC(=O)CNC(=O)[C@H](CC(C)C)NC(=O)[C@H](Cc2c[nH]cn2)NC(=O)[C@H](Cc2c[nH]c3ccccc23)NC(=O)[C@H](C)NC1=O. The number of nitrogens with zero attached hydrogens (tertiary/aromatic N) is 4. The first-order valence-corrected chi connectivity index (χ1v) is 41.5. The van der Waals surface area contributed by atoms with Gasteiger partial charge in [-0.3, -0.25) is 86.3 Å². The molecule has 1 saturated heterocycles. The number of esters is 1. The van der Waals surface area contributed by atoms with Crippen LogP contribution in [0.4, 0.5) is 5.69 Å². The summed E-state index contributed by atoms with van der Waals surface area (Å²) in [4.78, 5) is 269. The maximum atomic E-state index is 15.1. The molecule has 3 aromatic carbocycles. The molecule has 45 heteroatoms. The first-order chi connectivity index (χ1) is 59.7. The third kappa shape index (κ3) is 31.4. The first-order valence-electron chi connectivity index (χ1n) is 40.4. The number of carboxylic acid groups (broad SMARTS) is 1. The first kappa shape index (κ1) is 99.1. The summed E-state index contributed by atoms with van der Waals surface area (Å²) in [5.74, 6) is -21.8. The predicted octanol–water partition coefficient (Wildman–Crippen LogP) is -2.04. The Balaban J connectivity index is 1.30. The quantitative estimate of drug-likeness (QED) is 0.00868. The fourth-order valence-corrected chi connectivity index (χ4v) is 14.1. The number of fused-ring (bicyclic) bond motifs is 2. The smallest absolute Gasteiger partial charge is 0.317 e. The normalized spacial score (nSPS) is 21.4. The van der Waals surface area contributed by atoms with Gasteiger partial charge in [0.2, 0.25) is 94.5 Å². The Hall–Kier alpha value is -14.0. The highest BCUT2D eigenvalue weighted by Gasteiger charge is 2.39. The number of amides is 16. The summed E-state index contributed by atoms with van der Waals surface area (Å²) in [7, 11) is 0. The minimum absolute atomic E-state index is 0.0233. The van der Waals surface area contributed by atoms with Crippen LogP contribution in [-0.4, -0.2) is 246 Å². The molecule has 13 atom stereocenters. The lowest BCUT2D eigenvalue weighted by Crippen LogP contribution is -2.61. The number of carboxylic acids is 1. The third-order valence-electron chi connectivity index (χ3n) is 19.6. The molecule has 1 aliphatic heterocycles. The molecule has 1 aliphatic rings. The zero-order valence-electron chi connectivity index (χ0n) is 70.6. The summed E-state index contributed by atoms with van der Waals surface area (Å²) in [6, 6.07) is -1.04. The Morgan fingerprint density at radius 2 is 1.17 bits per heavy atom. The van der Waals surface area contributed by atoms with Crippen LogP contribution >= 0.6 is 11.8 Å². The minimum Gasteiger partial charge on any atom is -0.481 e. The molecule has 7 rings (SSSR count). The summed E-state index contributed by atoms with van der Waals surface area (Å²) in [5.41, 5.74) is 16.7. The minimum atomic E-state index is -1.93. The molecule has 6 aromatic rings. The number of azide groups is 1. The van der Waals surface area contributed by atoms with Gasteiger partial charge in [0, 0.05) is 95.9 Å². The number of thioether (sulfide) groups is 1. The van der Waals surface area contributed by atoms with E-state index in [1.807, 2.05) is 0 Å². The molecular weight excluding hydrogens is 1660 g/mol. The maximum Gasteiger partial charge on any atom is 0.317 e. The van der Waals surface area contributed by atoms with Crippen molar-refractivity contribution in [3.63, 3.8) is 0 Å². The number of aliphatic hydroxyl groups is 1. The number of aromatic amines is 3. The monoisotopic (exact) mass is 1770 g/mol. The molecule has 0 aliphatic carbocycles. The topological polar surface area (TPSA) is 672 Å². The van der Waals surface area contributed by atoms with Crippen LogP contribution in [0.2, 0.25) is 0 Å². The van der Waals surface area contributed by atoms with Crippen LogP contribution in [0.15, 0.2) is 103 Å². The molecule has 3 aromatic heterocycles. The number of anilines is 1. The fourth-order valence-electron chi connectivity index (χ4n) is 13.2.